The molecule has 8 heteroatoms. The lowest BCUT2D eigenvalue weighted by atomic mass is 10.1. The zero-order valence-corrected chi connectivity index (χ0v) is 15.2. The molecule has 4 N–H and O–H groups in total. The number of carbonyl (C=O) groups is 1. The van der Waals surface area contributed by atoms with Crippen molar-refractivity contribution in [3.05, 3.63) is 78.1 Å². The Balaban J connectivity index is 1.50. The number of ether oxygens (including phenoxy) is 1. The van der Waals surface area contributed by atoms with Crippen LogP contribution in [-0.2, 0) is 11.3 Å². The Kier molecular flexibility index (Phi) is 4.90. The summed E-state index contributed by atoms with van der Waals surface area (Å²) in [6.45, 7) is -0.221. The van der Waals surface area contributed by atoms with Gasteiger partial charge in [0.2, 0.25) is 11.9 Å². The van der Waals surface area contributed by atoms with Crippen molar-refractivity contribution < 1.29 is 14.6 Å². The van der Waals surface area contributed by atoms with Crippen molar-refractivity contribution >= 4 is 34.3 Å². The Hall–Kier alpha value is -4.20. The average Bonchev–Trinajstić information content (AvgIpc) is 2.72. The molecule has 0 amide bonds. The maximum Gasteiger partial charge on any atom is 0.342 e. The van der Waals surface area contributed by atoms with E-state index in [1.807, 2.05) is 54.6 Å². The van der Waals surface area contributed by atoms with Crippen LogP contribution in [0.3, 0.4) is 0 Å². The molecule has 0 radical (unpaired) electrons. The number of fused-ring (bicyclic) bond motifs is 1. The molecule has 4 rings (SSSR count). The lowest BCUT2D eigenvalue weighted by Gasteiger charge is -2.09. The lowest BCUT2D eigenvalue weighted by Crippen LogP contribution is -2.11. The van der Waals surface area contributed by atoms with Crippen molar-refractivity contribution in [1.29, 1.82) is 0 Å². The molecule has 144 valence electrons. The Morgan fingerprint density at radius 3 is 2.41 bits per heavy atom. The van der Waals surface area contributed by atoms with E-state index in [1.165, 1.54) is 6.07 Å². The molecule has 1 aromatic heterocycles. The molecule has 0 saturated carbocycles. The molecule has 0 bridgehead atoms. The molecule has 0 saturated heterocycles. The number of hydrogen-bond acceptors (Lipinski definition) is 8. The molecule has 0 aliphatic carbocycles. The second-order valence-corrected chi connectivity index (χ2v) is 6.22. The molecule has 0 unspecified atom stereocenters. The van der Waals surface area contributed by atoms with E-state index in [0.717, 1.165) is 16.5 Å². The third kappa shape index (κ3) is 4.22. The molecule has 1 heterocycles. The van der Waals surface area contributed by atoms with Crippen LogP contribution in [0.15, 0.2) is 66.7 Å². The van der Waals surface area contributed by atoms with Crippen molar-refractivity contribution in [2.24, 2.45) is 0 Å². The number of anilines is 3. The number of nitrogens with two attached hydrogens (primary N) is 1. The van der Waals surface area contributed by atoms with Crippen LogP contribution in [0.1, 0.15) is 16.2 Å². The normalized spacial score (nSPS) is 10.6. The summed E-state index contributed by atoms with van der Waals surface area (Å²) in [5, 5.41) is 14.8. The minimum atomic E-state index is -0.690. The molecule has 0 aliphatic heterocycles. The van der Waals surface area contributed by atoms with E-state index in [0.29, 0.717) is 0 Å². The Bertz CT molecular complexity index is 1180. The molecule has 0 atom stereocenters. The highest BCUT2D eigenvalue weighted by atomic mass is 16.5. The number of nitrogens with zero attached hydrogens (tertiary/aromatic N) is 3. The number of aromatic nitrogens is 3. The average molecular weight is 387 g/mol. The lowest BCUT2D eigenvalue weighted by molar-refractivity contribution is 0.0459. The van der Waals surface area contributed by atoms with Crippen LogP contribution in [0.5, 0.6) is 5.75 Å². The van der Waals surface area contributed by atoms with Crippen molar-refractivity contribution in [2.45, 2.75) is 6.61 Å². The summed E-state index contributed by atoms with van der Waals surface area (Å²) in [5.41, 5.74) is 6.58. The molecular formula is C21H17N5O3. The smallest absolute Gasteiger partial charge is 0.342 e. The van der Waals surface area contributed by atoms with Crippen LogP contribution < -0.4 is 11.1 Å². The second kappa shape index (κ2) is 7.81. The summed E-state index contributed by atoms with van der Waals surface area (Å²) in [4.78, 5) is 24.7. The van der Waals surface area contributed by atoms with Gasteiger partial charge in [-0.2, -0.15) is 15.0 Å². The highest BCUT2D eigenvalue weighted by molar-refractivity contribution is 5.98. The number of hydrogen-bond donors (Lipinski definition) is 3. The number of nitrogen functional groups attached to an aromatic ring is 1. The van der Waals surface area contributed by atoms with E-state index in [1.54, 1.807) is 6.07 Å². The number of benzene rings is 3. The van der Waals surface area contributed by atoms with Gasteiger partial charge in [0.05, 0.1) is 0 Å². The zero-order chi connectivity index (χ0) is 20.2. The van der Waals surface area contributed by atoms with Gasteiger partial charge in [0.15, 0.2) is 12.4 Å². The third-order valence-electron chi connectivity index (χ3n) is 4.15. The van der Waals surface area contributed by atoms with Gasteiger partial charge in [-0.3, -0.25) is 0 Å². The SMILES string of the molecule is Nc1nc(COC(=O)c2cc3ccccc3cc2O)nc(Nc2ccccc2)n1. The van der Waals surface area contributed by atoms with Crippen LogP contribution in [0.4, 0.5) is 17.6 Å². The van der Waals surface area contributed by atoms with Gasteiger partial charge in [-0.1, -0.05) is 42.5 Å². The Morgan fingerprint density at radius 1 is 0.966 bits per heavy atom. The highest BCUT2D eigenvalue weighted by Crippen LogP contribution is 2.25. The first kappa shape index (κ1) is 18.2. The number of phenols is 1. The van der Waals surface area contributed by atoms with Crippen LogP contribution in [0, 0.1) is 0 Å². The summed E-state index contributed by atoms with van der Waals surface area (Å²) < 4.78 is 5.27. The molecule has 8 nitrogen and oxygen atoms in total. The van der Waals surface area contributed by atoms with Gasteiger partial charge in [-0.25, -0.2) is 4.79 Å². The molecule has 0 fully saturated rings. The minimum absolute atomic E-state index is 0.00182. The van der Waals surface area contributed by atoms with Crippen LogP contribution in [0.25, 0.3) is 10.8 Å². The molecule has 0 aliphatic rings. The van der Waals surface area contributed by atoms with E-state index in [2.05, 4.69) is 20.3 Å². The summed E-state index contributed by atoms with van der Waals surface area (Å²) in [7, 11) is 0. The predicted molar refractivity (Wildman–Crippen MR) is 109 cm³/mol. The second-order valence-electron chi connectivity index (χ2n) is 6.22. The monoisotopic (exact) mass is 387 g/mol. The first-order chi connectivity index (χ1) is 14.1. The van der Waals surface area contributed by atoms with Crippen LogP contribution in [-0.4, -0.2) is 26.0 Å². The van der Waals surface area contributed by atoms with Crippen LogP contribution in [0.2, 0.25) is 0 Å². The van der Waals surface area contributed by atoms with Gasteiger partial charge in [0.1, 0.15) is 11.3 Å². The summed E-state index contributed by atoms with van der Waals surface area (Å²) in [6, 6.07) is 19.8. The molecule has 0 spiro atoms. The summed E-state index contributed by atoms with van der Waals surface area (Å²) in [5.74, 6) is -0.425. The molecule has 4 aromatic rings. The molecule has 29 heavy (non-hydrogen) atoms. The largest absolute Gasteiger partial charge is 0.507 e. The quantitative estimate of drug-likeness (QED) is 0.445. The van der Waals surface area contributed by atoms with E-state index in [4.69, 9.17) is 10.5 Å². The fourth-order valence-electron chi connectivity index (χ4n) is 2.81. The van der Waals surface area contributed by atoms with Crippen LogP contribution >= 0.6 is 0 Å². The third-order valence-corrected chi connectivity index (χ3v) is 4.15. The summed E-state index contributed by atoms with van der Waals surface area (Å²) in [6.07, 6.45) is 0. The Morgan fingerprint density at radius 2 is 1.66 bits per heavy atom. The maximum atomic E-state index is 12.4. The van der Waals surface area contributed by atoms with Gasteiger partial charge in [-0.05, 0) is 35.0 Å². The van der Waals surface area contributed by atoms with Gasteiger partial charge in [0, 0.05) is 5.69 Å². The maximum absolute atomic E-state index is 12.4. The number of carbonyl (C=O) groups excluding carboxylic acids is 1. The van der Waals surface area contributed by atoms with Gasteiger partial charge in [-0.15, -0.1) is 0 Å². The molecule has 3 aromatic carbocycles. The van der Waals surface area contributed by atoms with E-state index in [-0.39, 0.29) is 35.6 Å². The standard InChI is InChI=1S/C21H17N5O3/c22-20-24-18(25-21(26-20)23-15-8-2-1-3-9-15)12-29-19(28)16-10-13-6-4-5-7-14(13)11-17(16)27/h1-11,27H,12H2,(H3,22,23,24,25,26). The van der Waals surface area contributed by atoms with E-state index < -0.39 is 5.97 Å². The highest BCUT2D eigenvalue weighted by Gasteiger charge is 2.15. The number of para-hydroxylation sites is 1. The van der Waals surface area contributed by atoms with Crippen molar-refractivity contribution in [3.63, 3.8) is 0 Å². The van der Waals surface area contributed by atoms with Gasteiger partial charge >= 0.3 is 5.97 Å². The topological polar surface area (TPSA) is 123 Å². The van der Waals surface area contributed by atoms with Crippen molar-refractivity contribution in [2.75, 3.05) is 11.1 Å². The summed E-state index contributed by atoms with van der Waals surface area (Å²) >= 11 is 0. The fourth-order valence-corrected chi connectivity index (χ4v) is 2.81. The fraction of sp³-hybridized carbons (Fsp3) is 0.0476. The number of nitrogens with one attached hydrogen (secondary N) is 1. The number of esters is 1. The zero-order valence-electron chi connectivity index (χ0n) is 15.2. The minimum Gasteiger partial charge on any atom is -0.507 e. The molecular weight excluding hydrogens is 370 g/mol. The van der Waals surface area contributed by atoms with Gasteiger partial charge < -0.3 is 20.9 Å². The Labute approximate surface area is 166 Å². The van der Waals surface area contributed by atoms with Gasteiger partial charge in [0.25, 0.3) is 0 Å². The first-order valence-corrected chi connectivity index (χ1v) is 8.80. The number of rotatable bonds is 5. The van der Waals surface area contributed by atoms with Crippen molar-refractivity contribution in [3.8, 4) is 5.75 Å². The van der Waals surface area contributed by atoms with E-state index in [9.17, 15) is 9.90 Å². The predicted octanol–water partition coefficient (Wildman–Crippen LogP) is 3.41. The number of phenolic OH excluding ortho intramolecular Hbond substituents is 1. The van der Waals surface area contributed by atoms with Crippen molar-refractivity contribution in [1.82, 2.24) is 15.0 Å². The first-order valence-electron chi connectivity index (χ1n) is 8.80. The number of aromatic hydroxyl groups is 1. The van der Waals surface area contributed by atoms with E-state index >= 15 is 0 Å².